The van der Waals surface area contributed by atoms with Gasteiger partial charge >= 0.3 is 0 Å². The molecule has 9 heteroatoms. The van der Waals surface area contributed by atoms with E-state index in [-0.39, 0.29) is 28.7 Å². The largest absolute Gasteiger partial charge is 0.495 e. The lowest BCUT2D eigenvalue weighted by Gasteiger charge is -2.14. The second-order valence-electron chi connectivity index (χ2n) is 6.31. The Bertz CT molecular complexity index is 943. The van der Waals surface area contributed by atoms with Crippen molar-refractivity contribution in [2.24, 2.45) is 0 Å². The highest BCUT2D eigenvalue weighted by molar-refractivity contribution is 7.89. The Morgan fingerprint density at radius 3 is 2.32 bits per heavy atom. The predicted octanol–water partition coefficient (Wildman–Crippen LogP) is 1.39. The molecular weight excluding hydrogens is 382 g/mol. The number of nitrogens with one attached hydrogen (secondary N) is 3. The summed E-state index contributed by atoms with van der Waals surface area (Å²) >= 11 is 0. The van der Waals surface area contributed by atoms with E-state index >= 15 is 0 Å². The first kappa shape index (κ1) is 21.4. The van der Waals surface area contributed by atoms with Crippen molar-refractivity contribution < 1.29 is 22.7 Å². The monoisotopic (exact) mass is 405 g/mol. The second kappa shape index (κ2) is 9.34. The maximum atomic E-state index is 12.5. The smallest absolute Gasteiger partial charge is 0.269 e. The molecule has 0 atom stereocenters. The lowest BCUT2D eigenvalue weighted by molar-refractivity contribution is -0.121. The quantitative estimate of drug-likeness (QED) is 0.603. The fraction of sp³-hybridized carbons (Fsp3) is 0.263. The van der Waals surface area contributed by atoms with Crippen LogP contribution in [0.2, 0.25) is 0 Å². The molecule has 0 radical (unpaired) electrons. The van der Waals surface area contributed by atoms with E-state index < -0.39 is 21.8 Å². The third-order valence-corrected chi connectivity index (χ3v) is 5.31. The molecule has 2 aromatic carbocycles. The molecule has 0 saturated carbocycles. The van der Waals surface area contributed by atoms with Gasteiger partial charge in [-0.2, -0.15) is 0 Å². The number of methoxy groups -OCH3 is 1. The number of carbonyl (C=O) groups excluding carboxylic acids is 2. The van der Waals surface area contributed by atoms with Crippen molar-refractivity contribution in [3.8, 4) is 5.75 Å². The molecule has 3 N–H and O–H groups in total. The summed E-state index contributed by atoms with van der Waals surface area (Å²) in [5.41, 5.74) is 5.45. The van der Waals surface area contributed by atoms with E-state index in [4.69, 9.17) is 4.74 Å². The van der Waals surface area contributed by atoms with Crippen LogP contribution in [0.3, 0.4) is 0 Å². The van der Waals surface area contributed by atoms with E-state index in [2.05, 4.69) is 15.6 Å². The predicted molar refractivity (Wildman–Crippen MR) is 104 cm³/mol. The Hall–Kier alpha value is -2.91. The Morgan fingerprint density at radius 1 is 1.04 bits per heavy atom. The molecule has 0 bridgehead atoms. The first-order chi connectivity index (χ1) is 13.2. The van der Waals surface area contributed by atoms with Crippen LogP contribution in [0.15, 0.2) is 53.4 Å². The molecule has 0 heterocycles. The van der Waals surface area contributed by atoms with Crippen molar-refractivity contribution in [1.82, 2.24) is 15.6 Å². The molecule has 0 unspecified atom stereocenters. The highest BCUT2D eigenvalue weighted by atomic mass is 32.2. The standard InChI is InChI=1S/C19H23N3O5S/c1-13(2)22-28(25,26)17-12-15(9-10-16(17)27-3)19(24)21-20-18(23)11-14-7-5-4-6-8-14/h4-10,12-13,22H,11H2,1-3H3,(H,20,23)(H,21,24). The summed E-state index contributed by atoms with van der Waals surface area (Å²) in [5.74, 6) is -0.940. The molecule has 28 heavy (non-hydrogen) atoms. The van der Waals surface area contributed by atoms with Crippen molar-refractivity contribution in [2.75, 3.05) is 7.11 Å². The number of hydrogen-bond donors (Lipinski definition) is 3. The SMILES string of the molecule is COc1ccc(C(=O)NNC(=O)Cc2ccccc2)cc1S(=O)(=O)NC(C)C. The van der Waals surface area contributed by atoms with E-state index in [1.807, 2.05) is 18.2 Å². The van der Waals surface area contributed by atoms with Gasteiger partial charge in [-0.25, -0.2) is 13.1 Å². The number of hydrazine groups is 1. The van der Waals surface area contributed by atoms with Gasteiger partial charge in [0.1, 0.15) is 10.6 Å². The van der Waals surface area contributed by atoms with Gasteiger partial charge in [-0.1, -0.05) is 30.3 Å². The summed E-state index contributed by atoms with van der Waals surface area (Å²) in [6.45, 7) is 3.37. The number of amides is 2. The number of carbonyl (C=O) groups is 2. The number of benzene rings is 2. The lowest BCUT2D eigenvalue weighted by atomic mass is 10.1. The molecule has 0 aliphatic heterocycles. The van der Waals surface area contributed by atoms with Gasteiger partial charge in [-0.3, -0.25) is 20.4 Å². The molecule has 0 aliphatic carbocycles. The van der Waals surface area contributed by atoms with E-state index in [0.717, 1.165) is 5.56 Å². The molecule has 0 fully saturated rings. The van der Waals surface area contributed by atoms with Gasteiger partial charge in [-0.05, 0) is 37.6 Å². The maximum Gasteiger partial charge on any atom is 0.269 e. The van der Waals surface area contributed by atoms with Crippen LogP contribution in [0.1, 0.15) is 29.8 Å². The zero-order valence-corrected chi connectivity index (χ0v) is 16.7. The van der Waals surface area contributed by atoms with Crippen molar-refractivity contribution in [3.05, 3.63) is 59.7 Å². The minimum atomic E-state index is -3.87. The molecule has 150 valence electrons. The molecule has 0 spiro atoms. The van der Waals surface area contributed by atoms with Gasteiger partial charge in [0.15, 0.2) is 0 Å². The first-order valence-corrected chi connectivity index (χ1v) is 10.0. The number of hydrogen-bond acceptors (Lipinski definition) is 5. The van der Waals surface area contributed by atoms with E-state index in [1.165, 1.54) is 25.3 Å². The average molecular weight is 405 g/mol. The molecular formula is C19H23N3O5S. The summed E-state index contributed by atoms with van der Waals surface area (Å²) in [5, 5.41) is 0. The van der Waals surface area contributed by atoms with Crippen LogP contribution in [-0.2, 0) is 21.2 Å². The van der Waals surface area contributed by atoms with Crippen LogP contribution in [-0.4, -0.2) is 33.4 Å². The fourth-order valence-corrected chi connectivity index (χ4v) is 3.87. The number of rotatable bonds is 7. The van der Waals surface area contributed by atoms with Gasteiger partial charge in [0.25, 0.3) is 5.91 Å². The highest BCUT2D eigenvalue weighted by Crippen LogP contribution is 2.25. The topological polar surface area (TPSA) is 114 Å². The van der Waals surface area contributed by atoms with Crippen molar-refractivity contribution in [2.45, 2.75) is 31.2 Å². The van der Waals surface area contributed by atoms with Gasteiger partial charge in [0.05, 0.1) is 13.5 Å². The molecule has 2 amide bonds. The summed E-state index contributed by atoms with van der Waals surface area (Å²) in [4.78, 5) is 24.1. The van der Waals surface area contributed by atoms with Crippen LogP contribution >= 0.6 is 0 Å². The summed E-state index contributed by atoms with van der Waals surface area (Å²) in [7, 11) is -2.53. The Kier molecular flexibility index (Phi) is 7.13. The third-order valence-electron chi connectivity index (χ3n) is 3.63. The second-order valence-corrected chi connectivity index (χ2v) is 7.99. The molecule has 0 aliphatic rings. The zero-order chi connectivity index (χ0) is 20.7. The fourth-order valence-electron chi connectivity index (χ4n) is 2.43. The van der Waals surface area contributed by atoms with Crippen molar-refractivity contribution in [1.29, 1.82) is 0 Å². The Labute approximate surface area is 164 Å². The molecule has 8 nitrogen and oxygen atoms in total. The zero-order valence-electron chi connectivity index (χ0n) is 15.9. The van der Waals surface area contributed by atoms with Gasteiger partial charge in [0.2, 0.25) is 15.9 Å². The number of sulfonamides is 1. The Morgan fingerprint density at radius 2 is 1.71 bits per heavy atom. The summed E-state index contributed by atoms with van der Waals surface area (Å²) < 4.78 is 32.5. The van der Waals surface area contributed by atoms with Crippen molar-refractivity contribution in [3.63, 3.8) is 0 Å². The van der Waals surface area contributed by atoms with E-state index in [9.17, 15) is 18.0 Å². The van der Waals surface area contributed by atoms with Gasteiger partial charge in [-0.15, -0.1) is 0 Å². The van der Waals surface area contributed by atoms with Gasteiger partial charge in [0, 0.05) is 11.6 Å². The normalized spacial score (nSPS) is 11.1. The summed E-state index contributed by atoms with van der Waals surface area (Å²) in [6.07, 6.45) is 0.0989. The minimum Gasteiger partial charge on any atom is -0.495 e. The summed E-state index contributed by atoms with van der Waals surface area (Å²) in [6, 6.07) is 12.7. The van der Waals surface area contributed by atoms with Crippen LogP contribution in [0, 0.1) is 0 Å². The van der Waals surface area contributed by atoms with Gasteiger partial charge < -0.3 is 4.74 Å². The van der Waals surface area contributed by atoms with Crippen LogP contribution in [0.25, 0.3) is 0 Å². The molecule has 2 aromatic rings. The van der Waals surface area contributed by atoms with E-state index in [1.54, 1.807) is 26.0 Å². The molecule has 0 saturated heterocycles. The first-order valence-electron chi connectivity index (χ1n) is 8.56. The van der Waals surface area contributed by atoms with Crippen LogP contribution in [0.4, 0.5) is 0 Å². The Balaban J connectivity index is 2.11. The number of ether oxygens (including phenoxy) is 1. The lowest BCUT2D eigenvalue weighted by Crippen LogP contribution is -2.42. The average Bonchev–Trinajstić information content (AvgIpc) is 2.65. The highest BCUT2D eigenvalue weighted by Gasteiger charge is 2.22. The molecule has 0 aromatic heterocycles. The van der Waals surface area contributed by atoms with E-state index in [0.29, 0.717) is 0 Å². The van der Waals surface area contributed by atoms with Crippen LogP contribution in [0.5, 0.6) is 5.75 Å². The van der Waals surface area contributed by atoms with Crippen LogP contribution < -0.4 is 20.3 Å². The van der Waals surface area contributed by atoms with Crippen molar-refractivity contribution >= 4 is 21.8 Å². The molecule has 2 rings (SSSR count). The minimum absolute atomic E-state index is 0.0601. The maximum absolute atomic E-state index is 12.5. The third kappa shape index (κ3) is 5.80.